The van der Waals surface area contributed by atoms with E-state index >= 15 is 0 Å². The Labute approximate surface area is 184 Å². The molecular formula is C21H23N5S3. The summed E-state index contributed by atoms with van der Waals surface area (Å²) in [5.41, 5.74) is 3.25. The molecule has 5 nitrogen and oxygen atoms in total. The lowest BCUT2D eigenvalue weighted by molar-refractivity contribution is 0.516. The first kappa shape index (κ1) is 20.5. The third kappa shape index (κ3) is 4.52. The van der Waals surface area contributed by atoms with Gasteiger partial charge in [0.1, 0.15) is 27.6 Å². The first-order chi connectivity index (χ1) is 14.2. The van der Waals surface area contributed by atoms with E-state index in [1.807, 2.05) is 47.9 Å². The lowest BCUT2D eigenvalue weighted by Crippen LogP contribution is -2.08. The molecule has 0 aliphatic heterocycles. The van der Waals surface area contributed by atoms with Crippen molar-refractivity contribution in [3.8, 4) is 28.0 Å². The highest BCUT2D eigenvalue weighted by molar-refractivity contribution is 8.16. The minimum Gasteiger partial charge on any atom is -0.331 e. The van der Waals surface area contributed by atoms with Crippen LogP contribution in [-0.4, -0.2) is 29.9 Å². The average Bonchev–Trinajstić information content (AvgIpc) is 3.39. The molecule has 1 aliphatic carbocycles. The van der Waals surface area contributed by atoms with Gasteiger partial charge < -0.3 is 4.57 Å². The largest absolute Gasteiger partial charge is 0.331 e. The number of imidazole rings is 1. The van der Waals surface area contributed by atoms with Crippen LogP contribution in [0.25, 0.3) is 22.0 Å². The summed E-state index contributed by atoms with van der Waals surface area (Å²) in [5.74, 6) is 0.915. The van der Waals surface area contributed by atoms with Gasteiger partial charge in [-0.1, -0.05) is 31.0 Å². The smallest absolute Gasteiger partial charge is 0.141 e. The van der Waals surface area contributed by atoms with Gasteiger partial charge in [0.05, 0.1) is 17.5 Å². The molecular weight excluding hydrogens is 418 g/mol. The molecule has 3 aromatic rings. The molecule has 0 spiro atoms. The Morgan fingerprint density at radius 3 is 2.76 bits per heavy atom. The van der Waals surface area contributed by atoms with Gasteiger partial charge in [-0.25, -0.2) is 15.0 Å². The molecule has 0 unspecified atom stereocenters. The highest BCUT2D eigenvalue weighted by atomic mass is 32.2. The van der Waals surface area contributed by atoms with E-state index < -0.39 is 0 Å². The van der Waals surface area contributed by atoms with Gasteiger partial charge in [-0.15, -0.1) is 23.1 Å². The van der Waals surface area contributed by atoms with Crippen molar-refractivity contribution in [1.82, 2.24) is 19.5 Å². The van der Waals surface area contributed by atoms with E-state index in [2.05, 4.69) is 16.0 Å². The van der Waals surface area contributed by atoms with Gasteiger partial charge >= 0.3 is 0 Å². The molecule has 0 N–H and O–H groups in total. The van der Waals surface area contributed by atoms with Crippen molar-refractivity contribution < 1.29 is 0 Å². The monoisotopic (exact) mass is 441 g/mol. The fourth-order valence-electron chi connectivity index (χ4n) is 3.57. The summed E-state index contributed by atoms with van der Waals surface area (Å²) in [6.07, 6.45) is 10.3. The second kappa shape index (κ2) is 9.33. The average molecular weight is 442 g/mol. The van der Waals surface area contributed by atoms with E-state index in [1.54, 1.807) is 29.3 Å². The van der Waals surface area contributed by atoms with E-state index in [0.717, 1.165) is 43.1 Å². The second-order valence-electron chi connectivity index (χ2n) is 7.12. The van der Waals surface area contributed by atoms with Gasteiger partial charge in [-0.3, -0.25) is 0 Å². The maximum atomic E-state index is 9.97. The number of aryl methyl sites for hydroxylation is 1. The lowest BCUT2D eigenvalue weighted by atomic mass is 10.0. The SMILES string of the molecule is Cc1ncc(-c2cc(-c3nccs3)nc(SCSC3CCCCC3)c2C#N)n1C. The molecule has 150 valence electrons. The third-order valence-electron chi connectivity index (χ3n) is 5.30. The van der Waals surface area contributed by atoms with Crippen molar-refractivity contribution in [3.05, 3.63) is 35.2 Å². The van der Waals surface area contributed by atoms with Crippen LogP contribution in [-0.2, 0) is 7.05 Å². The Morgan fingerprint density at radius 1 is 1.28 bits per heavy atom. The number of hydrogen-bond donors (Lipinski definition) is 0. The molecule has 0 radical (unpaired) electrons. The maximum Gasteiger partial charge on any atom is 0.141 e. The molecule has 1 aliphatic rings. The second-order valence-corrected chi connectivity index (χ2v) is 10.6. The lowest BCUT2D eigenvalue weighted by Gasteiger charge is -2.20. The summed E-state index contributed by atoms with van der Waals surface area (Å²) < 4.78 is 2.02. The van der Waals surface area contributed by atoms with Gasteiger partial charge in [0.2, 0.25) is 0 Å². The highest BCUT2D eigenvalue weighted by Crippen LogP contribution is 2.37. The van der Waals surface area contributed by atoms with Crippen LogP contribution in [0.15, 0.2) is 28.9 Å². The molecule has 3 aromatic heterocycles. The van der Waals surface area contributed by atoms with Crippen molar-refractivity contribution in [2.24, 2.45) is 7.05 Å². The van der Waals surface area contributed by atoms with Crippen LogP contribution in [0, 0.1) is 18.3 Å². The normalized spacial score (nSPS) is 14.8. The third-order valence-corrected chi connectivity index (χ3v) is 8.62. The summed E-state index contributed by atoms with van der Waals surface area (Å²) in [7, 11) is 1.98. The first-order valence-electron chi connectivity index (χ1n) is 9.75. The molecule has 0 saturated heterocycles. The van der Waals surface area contributed by atoms with Crippen molar-refractivity contribution in [1.29, 1.82) is 5.26 Å². The summed E-state index contributed by atoms with van der Waals surface area (Å²) in [6.45, 7) is 1.97. The Kier molecular flexibility index (Phi) is 6.58. The number of pyridine rings is 1. The maximum absolute atomic E-state index is 9.97. The van der Waals surface area contributed by atoms with Crippen molar-refractivity contribution >= 4 is 34.9 Å². The minimum absolute atomic E-state index is 0.627. The molecule has 0 amide bonds. The van der Waals surface area contributed by atoms with Crippen LogP contribution < -0.4 is 0 Å². The summed E-state index contributed by atoms with van der Waals surface area (Å²) >= 11 is 5.25. The van der Waals surface area contributed by atoms with Crippen LogP contribution in [0.5, 0.6) is 0 Å². The Morgan fingerprint density at radius 2 is 2.10 bits per heavy atom. The molecule has 0 bridgehead atoms. The number of rotatable bonds is 6. The van der Waals surface area contributed by atoms with E-state index in [-0.39, 0.29) is 0 Å². The van der Waals surface area contributed by atoms with Crippen molar-refractivity contribution in [2.75, 3.05) is 5.08 Å². The quantitative estimate of drug-likeness (QED) is 0.350. The Bertz CT molecular complexity index is 1010. The molecule has 0 atom stereocenters. The van der Waals surface area contributed by atoms with Crippen LogP contribution in [0.2, 0.25) is 0 Å². The molecule has 8 heteroatoms. The van der Waals surface area contributed by atoms with Crippen molar-refractivity contribution in [3.63, 3.8) is 0 Å². The van der Waals surface area contributed by atoms with Gasteiger partial charge in [-0.2, -0.15) is 5.26 Å². The van der Waals surface area contributed by atoms with Crippen LogP contribution >= 0.6 is 34.9 Å². The minimum atomic E-state index is 0.627. The molecule has 0 aromatic carbocycles. The fraction of sp³-hybridized carbons (Fsp3) is 0.429. The zero-order valence-electron chi connectivity index (χ0n) is 16.6. The molecule has 3 heterocycles. The Hall–Kier alpha value is -1.82. The zero-order chi connectivity index (χ0) is 20.2. The molecule has 4 rings (SSSR count). The molecule has 29 heavy (non-hydrogen) atoms. The van der Waals surface area contributed by atoms with E-state index in [1.165, 1.54) is 32.1 Å². The van der Waals surface area contributed by atoms with Crippen LogP contribution in [0.4, 0.5) is 0 Å². The summed E-state index contributed by atoms with van der Waals surface area (Å²) in [4.78, 5) is 13.7. The highest BCUT2D eigenvalue weighted by Gasteiger charge is 2.20. The number of thioether (sulfide) groups is 2. The molecule has 1 fully saturated rings. The predicted molar refractivity (Wildman–Crippen MR) is 122 cm³/mol. The van der Waals surface area contributed by atoms with Crippen LogP contribution in [0.3, 0.4) is 0 Å². The standard InChI is InChI=1S/C21H23N5S3/c1-14-24-12-19(26(14)2)16-10-18(21-23-8-9-27-21)25-20(17(16)11-22)29-13-28-15-6-4-3-5-7-15/h8-10,12,15H,3-7,13H2,1-2H3. The first-order valence-corrected chi connectivity index (χ1v) is 12.7. The van der Waals surface area contributed by atoms with Crippen molar-refractivity contribution in [2.45, 2.75) is 49.3 Å². The number of aromatic nitrogens is 4. The van der Waals surface area contributed by atoms with E-state index in [9.17, 15) is 5.26 Å². The van der Waals surface area contributed by atoms with Gasteiger partial charge in [0.15, 0.2) is 0 Å². The summed E-state index contributed by atoms with van der Waals surface area (Å²) in [5, 5.41) is 15.2. The number of nitrogens with zero attached hydrogens (tertiary/aromatic N) is 5. The number of hydrogen-bond acceptors (Lipinski definition) is 7. The fourth-order valence-corrected chi connectivity index (χ4v) is 6.78. The number of nitriles is 1. The Balaban J connectivity index is 1.68. The van der Waals surface area contributed by atoms with Gasteiger partial charge in [0.25, 0.3) is 0 Å². The predicted octanol–water partition coefficient (Wildman–Crippen LogP) is 5.90. The van der Waals surface area contributed by atoms with Gasteiger partial charge in [-0.05, 0) is 25.8 Å². The zero-order valence-corrected chi connectivity index (χ0v) is 19.0. The number of thiazole rings is 1. The van der Waals surface area contributed by atoms with E-state index in [0.29, 0.717) is 5.56 Å². The van der Waals surface area contributed by atoms with E-state index in [4.69, 9.17) is 4.98 Å². The van der Waals surface area contributed by atoms with Gasteiger partial charge in [0, 0.05) is 34.5 Å². The van der Waals surface area contributed by atoms with Crippen LogP contribution in [0.1, 0.15) is 43.5 Å². The summed E-state index contributed by atoms with van der Waals surface area (Å²) in [6, 6.07) is 4.39. The topological polar surface area (TPSA) is 67.4 Å². The molecule has 1 saturated carbocycles.